The molecule has 0 spiro atoms. The number of rotatable bonds is 4. The first kappa shape index (κ1) is 20.3. The number of piperidine rings is 1. The lowest BCUT2D eigenvalue weighted by molar-refractivity contribution is -0.117. The van der Waals surface area contributed by atoms with Crippen molar-refractivity contribution < 1.29 is 9.18 Å². The summed E-state index contributed by atoms with van der Waals surface area (Å²) >= 11 is 5.74. The van der Waals surface area contributed by atoms with E-state index in [4.69, 9.17) is 11.6 Å². The van der Waals surface area contributed by atoms with Gasteiger partial charge in [-0.2, -0.15) is 0 Å². The van der Waals surface area contributed by atoms with E-state index in [9.17, 15) is 14.0 Å². The Morgan fingerprint density at radius 3 is 2.73 bits per heavy atom. The standard InChI is InChI=1S/C20H22ClFN6O2/c1-12-7-13(2)10-26(9-12)18-19-25-28(20(30)27(19)6-5-23-18)11-17(29)24-14-3-4-16(22)15(21)8-14/h3-6,8,12-13H,7,9-11H2,1-2H3,(H,24,29)/t12-,13+. The highest BCUT2D eigenvalue weighted by atomic mass is 35.5. The highest BCUT2D eigenvalue weighted by molar-refractivity contribution is 6.31. The van der Waals surface area contributed by atoms with Crippen LogP contribution in [0.25, 0.3) is 5.65 Å². The van der Waals surface area contributed by atoms with Gasteiger partial charge in [-0.1, -0.05) is 25.4 Å². The van der Waals surface area contributed by atoms with Gasteiger partial charge < -0.3 is 10.2 Å². The van der Waals surface area contributed by atoms with Gasteiger partial charge in [0.2, 0.25) is 11.6 Å². The molecular weight excluding hydrogens is 411 g/mol. The Kier molecular flexibility index (Phi) is 5.46. The van der Waals surface area contributed by atoms with E-state index in [1.165, 1.54) is 16.5 Å². The van der Waals surface area contributed by atoms with Crippen molar-refractivity contribution in [3.8, 4) is 0 Å². The third kappa shape index (κ3) is 4.02. The average molecular weight is 433 g/mol. The lowest BCUT2D eigenvalue weighted by Gasteiger charge is -2.35. The van der Waals surface area contributed by atoms with Crippen LogP contribution in [-0.4, -0.2) is 38.2 Å². The van der Waals surface area contributed by atoms with Crippen LogP contribution in [0.1, 0.15) is 20.3 Å². The molecule has 30 heavy (non-hydrogen) atoms. The fourth-order valence-electron chi connectivity index (χ4n) is 4.01. The molecule has 0 unspecified atom stereocenters. The summed E-state index contributed by atoms with van der Waals surface area (Å²) in [7, 11) is 0. The molecule has 1 N–H and O–H groups in total. The molecule has 4 rings (SSSR count). The largest absolute Gasteiger partial charge is 0.353 e. The Labute approximate surface area is 177 Å². The number of aromatic nitrogens is 4. The molecule has 1 aliphatic rings. The summed E-state index contributed by atoms with van der Waals surface area (Å²) in [5.41, 5.74) is 0.322. The summed E-state index contributed by atoms with van der Waals surface area (Å²) in [5, 5.41) is 6.86. The van der Waals surface area contributed by atoms with Gasteiger partial charge in [-0.05, 0) is 36.5 Å². The van der Waals surface area contributed by atoms with E-state index in [1.54, 1.807) is 12.4 Å². The molecule has 10 heteroatoms. The Morgan fingerprint density at radius 2 is 2.03 bits per heavy atom. The smallest absolute Gasteiger partial charge is 0.350 e. The van der Waals surface area contributed by atoms with E-state index in [2.05, 4.69) is 34.1 Å². The molecule has 1 amide bonds. The van der Waals surface area contributed by atoms with E-state index in [0.29, 0.717) is 29.0 Å². The van der Waals surface area contributed by atoms with Crippen LogP contribution in [0.2, 0.25) is 5.02 Å². The molecular formula is C20H22ClFN6O2. The molecule has 2 aromatic heterocycles. The summed E-state index contributed by atoms with van der Waals surface area (Å²) in [6.07, 6.45) is 4.26. The van der Waals surface area contributed by atoms with Gasteiger partial charge in [0.25, 0.3) is 0 Å². The minimum absolute atomic E-state index is 0.0987. The van der Waals surface area contributed by atoms with Gasteiger partial charge in [-0.3, -0.25) is 4.79 Å². The highest BCUT2D eigenvalue weighted by Gasteiger charge is 2.26. The fourth-order valence-corrected chi connectivity index (χ4v) is 4.19. The number of hydrogen-bond donors (Lipinski definition) is 1. The quantitative estimate of drug-likeness (QED) is 0.685. The van der Waals surface area contributed by atoms with Crippen LogP contribution in [0.3, 0.4) is 0 Å². The van der Waals surface area contributed by atoms with Crippen molar-refractivity contribution in [3.63, 3.8) is 0 Å². The van der Waals surface area contributed by atoms with Crippen molar-refractivity contribution in [1.82, 2.24) is 19.2 Å². The normalized spacial score (nSPS) is 19.3. The van der Waals surface area contributed by atoms with Crippen LogP contribution in [0, 0.1) is 17.7 Å². The maximum absolute atomic E-state index is 13.3. The van der Waals surface area contributed by atoms with Crippen LogP contribution in [-0.2, 0) is 11.3 Å². The first-order chi connectivity index (χ1) is 14.3. The van der Waals surface area contributed by atoms with Crippen LogP contribution >= 0.6 is 11.6 Å². The van der Waals surface area contributed by atoms with E-state index < -0.39 is 17.4 Å². The Bertz CT molecular complexity index is 1150. The third-order valence-corrected chi connectivity index (χ3v) is 5.44. The van der Waals surface area contributed by atoms with E-state index in [-0.39, 0.29) is 11.6 Å². The summed E-state index contributed by atoms with van der Waals surface area (Å²) in [6.45, 7) is 5.77. The van der Waals surface area contributed by atoms with Crippen molar-refractivity contribution in [1.29, 1.82) is 0 Å². The van der Waals surface area contributed by atoms with Crippen LogP contribution in [0.15, 0.2) is 35.4 Å². The maximum atomic E-state index is 13.3. The van der Waals surface area contributed by atoms with E-state index in [0.717, 1.165) is 30.3 Å². The van der Waals surface area contributed by atoms with Gasteiger partial charge in [-0.25, -0.2) is 23.3 Å². The monoisotopic (exact) mass is 432 g/mol. The molecule has 158 valence electrons. The molecule has 0 aliphatic carbocycles. The predicted molar refractivity (Wildman–Crippen MR) is 112 cm³/mol. The second-order valence-electron chi connectivity index (χ2n) is 7.91. The number of amides is 1. The Balaban J connectivity index is 1.59. The van der Waals surface area contributed by atoms with Crippen LogP contribution in [0.5, 0.6) is 0 Å². The van der Waals surface area contributed by atoms with Gasteiger partial charge in [0, 0.05) is 31.2 Å². The van der Waals surface area contributed by atoms with Crippen molar-refractivity contribution >= 4 is 34.7 Å². The van der Waals surface area contributed by atoms with Gasteiger partial charge >= 0.3 is 5.69 Å². The minimum Gasteiger partial charge on any atom is -0.353 e. The Hall–Kier alpha value is -2.94. The van der Waals surface area contributed by atoms with Crippen molar-refractivity contribution in [2.24, 2.45) is 11.8 Å². The molecule has 0 bridgehead atoms. The second kappa shape index (κ2) is 8.06. The molecule has 1 fully saturated rings. The van der Waals surface area contributed by atoms with Gasteiger partial charge in [-0.15, -0.1) is 5.10 Å². The van der Waals surface area contributed by atoms with Crippen molar-refractivity contribution in [2.45, 2.75) is 26.8 Å². The van der Waals surface area contributed by atoms with Gasteiger partial charge in [0.15, 0.2) is 5.82 Å². The number of fused-ring (bicyclic) bond motifs is 1. The molecule has 3 aromatic rings. The van der Waals surface area contributed by atoms with Crippen LogP contribution in [0.4, 0.5) is 15.9 Å². The highest BCUT2D eigenvalue weighted by Crippen LogP contribution is 2.26. The molecule has 0 radical (unpaired) electrons. The summed E-state index contributed by atoms with van der Waals surface area (Å²) in [6, 6.07) is 3.86. The summed E-state index contributed by atoms with van der Waals surface area (Å²) < 4.78 is 15.8. The average Bonchev–Trinajstić information content (AvgIpc) is 2.99. The van der Waals surface area contributed by atoms with E-state index in [1.807, 2.05) is 0 Å². The number of halogens is 2. The zero-order valence-electron chi connectivity index (χ0n) is 16.7. The zero-order valence-corrected chi connectivity index (χ0v) is 17.4. The fraction of sp³-hybridized carbons (Fsp3) is 0.400. The Morgan fingerprint density at radius 1 is 1.30 bits per heavy atom. The second-order valence-corrected chi connectivity index (χ2v) is 8.32. The van der Waals surface area contributed by atoms with Crippen molar-refractivity contribution in [2.75, 3.05) is 23.3 Å². The maximum Gasteiger partial charge on any atom is 0.350 e. The SMILES string of the molecule is C[C@@H]1C[C@H](C)CN(c2nccn3c(=O)n(CC(=O)Nc4ccc(F)c(Cl)c4)nc23)C1. The number of carbonyl (C=O) groups excluding carboxylic acids is 1. The number of nitrogens with one attached hydrogen (secondary N) is 1. The summed E-state index contributed by atoms with van der Waals surface area (Å²) in [5.74, 6) is 0.610. The molecule has 0 saturated carbocycles. The molecule has 1 aromatic carbocycles. The first-order valence-electron chi connectivity index (χ1n) is 9.76. The molecule has 1 saturated heterocycles. The number of nitrogens with zero attached hydrogens (tertiary/aromatic N) is 5. The van der Waals surface area contributed by atoms with Gasteiger partial charge in [0.1, 0.15) is 12.4 Å². The zero-order chi connectivity index (χ0) is 21.4. The predicted octanol–water partition coefficient (Wildman–Crippen LogP) is 2.80. The summed E-state index contributed by atoms with van der Waals surface area (Å²) in [4.78, 5) is 31.7. The minimum atomic E-state index is -0.576. The molecule has 2 atom stereocenters. The molecule has 8 nitrogen and oxygen atoms in total. The number of hydrogen-bond acceptors (Lipinski definition) is 5. The third-order valence-electron chi connectivity index (χ3n) is 5.15. The molecule has 3 heterocycles. The lowest BCUT2D eigenvalue weighted by atomic mass is 9.92. The van der Waals surface area contributed by atoms with Gasteiger partial charge in [0.05, 0.1) is 5.02 Å². The van der Waals surface area contributed by atoms with Crippen molar-refractivity contribution in [3.05, 3.63) is 51.9 Å². The number of anilines is 2. The number of carbonyl (C=O) groups is 1. The first-order valence-corrected chi connectivity index (χ1v) is 10.1. The van der Waals surface area contributed by atoms with E-state index >= 15 is 0 Å². The van der Waals surface area contributed by atoms with Crippen LogP contribution < -0.4 is 15.9 Å². The number of benzene rings is 1. The molecule has 1 aliphatic heterocycles. The lowest BCUT2D eigenvalue weighted by Crippen LogP contribution is -2.39. The topological polar surface area (TPSA) is 84.5 Å².